The van der Waals surface area contributed by atoms with E-state index >= 15 is 0 Å². The summed E-state index contributed by atoms with van der Waals surface area (Å²) in [5.74, 6) is -3.05. The lowest BCUT2D eigenvalue weighted by atomic mass is 9.87. The fourth-order valence-corrected chi connectivity index (χ4v) is 6.47. The first-order chi connectivity index (χ1) is 26.2. The van der Waals surface area contributed by atoms with Gasteiger partial charge < -0.3 is 28.1 Å². The maximum Gasteiger partial charge on any atom is 0.309 e. The molecular weight excluding hydrogens is 688 g/mol. The van der Waals surface area contributed by atoms with E-state index in [0.717, 1.165) is 22.5 Å². The van der Waals surface area contributed by atoms with E-state index in [0.29, 0.717) is 38.5 Å². The zero-order chi connectivity index (χ0) is 38.7. The van der Waals surface area contributed by atoms with Crippen molar-refractivity contribution in [1.82, 2.24) is 19.1 Å². The number of carbonyl (C=O) groups excluding carboxylic acids is 4. The summed E-state index contributed by atoms with van der Waals surface area (Å²) in [5, 5.41) is 0. The third-order valence-corrected chi connectivity index (χ3v) is 9.78. The summed E-state index contributed by atoms with van der Waals surface area (Å²) in [6.07, 6.45) is 10.00. The van der Waals surface area contributed by atoms with Crippen LogP contribution in [0.5, 0.6) is 0 Å². The van der Waals surface area contributed by atoms with Crippen molar-refractivity contribution in [2.45, 2.75) is 78.4 Å². The van der Waals surface area contributed by atoms with Gasteiger partial charge in [0.15, 0.2) is 0 Å². The van der Waals surface area contributed by atoms with Crippen LogP contribution in [-0.4, -0.2) is 56.2 Å². The number of aryl methyl sites for hydroxylation is 2. The molecule has 0 radical (unpaired) electrons. The van der Waals surface area contributed by atoms with Crippen molar-refractivity contribution in [3.8, 4) is 0 Å². The second-order valence-electron chi connectivity index (χ2n) is 13.7. The molecule has 0 aliphatic heterocycles. The third-order valence-electron chi connectivity index (χ3n) is 9.78. The Hall–Kier alpha value is -5.26. The Morgan fingerprint density at radius 1 is 0.593 bits per heavy atom. The van der Waals surface area contributed by atoms with E-state index < -0.39 is 23.8 Å². The summed E-state index contributed by atoms with van der Waals surface area (Å²) in [5.41, 5.74) is 3.63. The first-order valence-corrected chi connectivity index (χ1v) is 18.8. The highest BCUT2D eigenvalue weighted by molar-refractivity contribution is 5.74. The quantitative estimate of drug-likeness (QED) is 0.0479. The highest BCUT2D eigenvalue weighted by atomic mass is 16.5. The lowest BCUT2D eigenvalue weighted by Crippen LogP contribution is -2.31. The molecule has 2 heterocycles. The second kappa shape index (κ2) is 22.1. The summed E-state index contributed by atoms with van der Waals surface area (Å²) in [7, 11) is 3.77. The van der Waals surface area contributed by atoms with Crippen molar-refractivity contribution in [2.75, 3.05) is 13.2 Å². The van der Waals surface area contributed by atoms with Crippen LogP contribution in [-0.2, 0) is 78.3 Å². The first-order valence-electron chi connectivity index (χ1n) is 18.8. The fourth-order valence-electron chi connectivity index (χ4n) is 6.47. The number of hydrogen-bond acceptors (Lipinski definition) is 10. The number of imidazole rings is 2. The molecule has 0 unspecified atom stereocenters. The van der Waals surface area contributed by atoms with Gasteiger partial charge in [0.1, 0.15) is 13.2 Å². The summed E-state index contributed by atoms with van der Waals surface area (Å²) in [4.78, 5) is 60.5. The molecule has 2 aromatic heterocycles. The minimum atomic E-state index is -0.481. The van der Waals surface area contributed by atoms with Crippen molar-refractivity contribution >= 4 is 23.9 Å². The van der Waals surface area contributed by atoms with Crippen LogP contribution in [0.1, 0.15) is 74.9 Å². The highest BCUT2D eigenvalue weighted by Crippen LogP contribution is 2.25. The molecule has 0 bridgehead atoms. The number of hydrogen-bond donors (Lipinski definition) is 0. The Balaban J connectivity index is 1.25. The van der Waals surface area contributed by atoms with Gasteiger partial charge >= 0.3 is 23.9 Å². The molecule has 4 aromatic rings. The van der Waals surface area contributed by atoms with Gasteiger partial charge in [-0.05, 0) is 49.7 Å². The van der Waals surface area contributed by atoms with Gasteiger partial charge in [-0.25, -0.2) is 9.97 Å². The van der Waals surface area contributed by atoms with Crippen LogP contribution in [0.15, 0.2) is 85.7 Å². The summed E-state index contributed by atoms with van der Waals surface area (Å²) in [6.45, 7) is 4.29. The van der Waals surface area contributed by atoms with Crippen molar-refractivity contribution in [3.63, 3.8) is 0 Å². The van der Waals surface area contributed by atoms with Crippen LogP contribution >= 0.6 is 0 Å². The maximum absolute atomic E-state index is 13.2. The number of unbranched alkanes of at least 4 members (excludes halogenated alkanes) is 1. The number of ether oxygens (including phenoxy) is 4. The predicted molar refractivity (Wildman–Crippen MR) is 201 cm³/mol. The number of carbonyl (C=O) groups is 4. The zero-order valence-corrected chi connectivity index (χ0v) is 31.9. The summed E-state index contributed by atoms with van der Waals surface area (Å²) >= 11 is 0. The van der Waals surface area contributed by atoms with Gasteiger partial charge in [-0.15, -0.1) is 0 Å². The van der Waals surface area contributed by atoms with E-state index in [2.05, 4.69) is 9.97 Å². The minimum Gasteiger partial charge on any atom is -0.465 e. The molecule has 2 aromatic carbocycles. The molecule has 0 amide bonds. The molecule has 290 valence electrons. The van der Waals surface area contributed by atoms with E-state index in [1.807, 2.05) is 97.7 Å². The smallest absolute Gasteiger partial charge is 0.309 e. The molecule has 0 saturated heterocycles. The molecular formula is C42H54N4O8. The van der Waals surface area contributed by atoms with E-state index in [4.69, 9.17) is 18.9 Å². The van der Waals surface area contributed by atoms with Gasteiger partial charge in [-0.1, -0.05) is 74.5 Å². The Bertz CT molecular complexity index is 1610. The number of benzene rings is 2. The van der Waals surface area contributed by atoms with Crippen molar-refractivity contribution in [2.24, 2.45) is 37.8 Å². The molecule has 0 aliphatic rings. The average molecular weight is 743 g/mol. The number of nitrogens with zero attached hydrogens (tertiary/aromatic N) is 4. The van der Waals surface area contributed by atoms with Crippen molar-refractivity contribution in [3.05, 3.63) is 108 Å². The molecule has 0 spiro atoms. The first kappa shape index (κ1) is 41.5. The van der Waals surface area contributed by atoms with Gasteiger partial charge in [0.25, 0.3) is 0 Å². The molecule has 0 saturated carbocycles. The number of esters is 4. The molecule has 4 rings (SSSR count). The number of rotatable bonds is 23. The Kier molecular flexibility index (Phi) is 17.0. The molecule has 0 N–H and O–H groups in total. The van der Waals surface area contributed by atoms with Gasteiger partial charge in [-0.2, -0.15) is 0 Å². The largest absolute Gasteiger partial charge is 0.465 e. The van der Waals surface area contributed by atoms with Gasteiger partial charge in [0, 0.05) is 62.6 Å². The average Bonchev–Trinajstić information content (AvgIpc) is 3.79. The zero-order valence-electron chi connectivity index (χ0n) is 31.9. The maximum atomic E-state index is 13.2. The Morgan fingerprint density at radius 3 is 1.31 bits per heavy atom. The van der Waals surface area contributed by atoms with E-state index in [1.165, 1.54) is 0 Å². The monoisotopic (exact) mass is 742 g/mol. The second-order valence-corrected chi connectivity index (χ2v) is 13.7. The van der Waals surface area contributed by atoms with Crippen LogP contribution in [0.25, 0.3) is 0 Å². The third kappa shape index (κ3) is 13.3. The van der Waals surface area contributed by atoms with Crippen LogP contribution in [0.3, 0.4) is 0 Å². The SMILES string of the molecule is CC[C@H](C(=O)OCc1ccccc1)[C@H](COC(=O)CCCCC(=O)OC[C@H](Cc1cncn1C)[C@H](CC)C(=O)OCc1ccccc1)Cc1cncn1C. The van der Waals surface area contributed by atoms with Crippen LogP contribution in [0.2, 0.25) is 0 Å². The molecule has 0 aliphatic carbocycles. The molecule has 54 heavy (non-hydrogen) atoms. The molecule has 12 heteroatoms. The van der Waals surface area contributed by atoms with E-state index in [1.54, 1.807) is 25.0 Å². The highest BCUT2D eigenvalue weighted by Gasteiger charge is 2.32. The molecule has 12 nitrogen and oxygen atoms in total. The fraction of sp³-hybridized carbons (Fsp3) is 0.476. The van der Waals surface area contributed by atoms with E-state index in [9.17, 15) is 19.2 Å². The topological polar surface area (TPSA) is 141 Å². The van der Waals surface area contributed by atoms with E-state index in [-0.39, 0.29) is 63.0 Å². The minimum absolute atomic E-state index is 0.0510. The van der Waals surface area contributed by atoms with Crippen LogP contribution in [0, 0.1) is 23.7 Å². The van der Waals surface area contributed by atoms with Crippen molar-refractivity contribution < 1.29 is 38.1 Å². The van der Waals surface area contributed by atoms with Gasteiger partial charge in [0.2, 0.25) is 0 Å². The van der Waals surface area contributed by atoms with Gasteiger partial charge in [-0.3, -0.25) is 19.2 Å². The number of aromatic nitrogens is 4. The molecule has 0 fully saturated rings. The lowest BCUT2D eigenvalue weighted by molar-refractivity contribution is -0.156. The lowest BCUT2D eigenvalue weighted by Gasteiger charge is -2.25. The van der Waals surface area contributed by atoms with Gasteiger partial charge in [0.05, 0.1) is 37.7 Å². The Morgan fingerprint density at radius 2 is 0.981 bits per heavy atom. The molecule has 4 atom stereocenters. The normalized spacial score (nSPS) is 13.3. The standard InChI is InChI=1S/C42H54N4O8/c1-5-37(41(49)53-25-31-15-9-7-10-16-31)33(21-35-23-43-29-45(35)3)27-51-39(47)19-13-14-20-40(48)52-28-34(22-36-24-44-30-46(36)4)38(6-2)42(50)54-26-32-17-11-8-12-18-32/h7-12,15-18,23-24,29-30,33-34,37-38H,5-6,13-14,19-22,25-28H2,1-4H3/t33-,34-,37-,38-/m0/s1. The van der Waals surface area contributed by atoms with Crippen LogP contribution in [0.4, 0.5) is 0 Å². The van der Waals surface area contributed by atoms with Crippen molar-refractivity contribution in [1.29, 1.82) is 0 Å². The summed E-state index contributed by atoms with van der Waals surface area (Å²) in [6, 6.07) is 19.0. The van der Waals surface area contributed by atoms with Crippen LogP contribution < -0.4 is 0 Å². The Labute approximate surface area is 318 Å². The predicted octanol–water partition coefficient (Wildman–Crippen LogP) is 6.36. The summed E-state index contributed by atoms with van der Waals surface area (Å²) < 4.78 is 26.5.